The Morgan fingerprint density at radius 3 is 2.56 bits per heavy atom. The quantitative estimate of drug-likeness (QED) is 0.720. The van der Waals surface area contributed by atoms with Crippen LogP contribution in [0.3, 0.4) is 0 Å². The lowest BCUT2D eigenvalue weighted by atomic mass is 10.2. The van der Waals surface area contributed by atoms with E-state index in [1.807, 2.05) is 13.8 Å². The van der Waals surface area contributed by atoms with E-state index in [4.69, 9.17) is 10.00 Å². The van der Waals surface area contributed by atoms with Crippen molar-refractivity contribution in [1.29, 1.82) is 5.26 Å². The summed E-state index contributed by atoms with van der Waals surface area (Å²) in [4.78, 5) is 15.4. The average molecular weight is 225 g/mol. The largest absolute Gasteiger partial charge is 0.450 e. The van der Waals surface area contributed by atoms with Crippen LogP contribution in [0.15, 0.2) is 0 Å². The molecule has 5 nitrogen and oxygen atoms in total. The number of rotatable bonds is 3. The van der Waals surface area contributed by atoms with E-state index in [2.05, 4.69) is 11.0 Å². The summed E-state index contributed by atoms with van der Waals surface area (Å²) < 4.78 is 4.94. The molecule has 0 saturated carbocycles. The second-order valence-corrected chi connectivity index (χ2v) is 3.93. The van der Waals surface area contributed by atoms with Gasteiger partial charge in [-0.25, -0.2) is 4.79 Å². The Morgan fingerprint density at radius 2 is 2.06 bits per heavy atom. The SMILES string of the molecule is CCOC(=O)N1CCN(C(C)CC#N)CC1. The van der Waals surface area contributed by atoms with E-state index < -0.39 is 0 Å². The molecule has 5 heteroatoms. The first-order valence-corrected chi connectivity index (χ1v) is 5.71. The third kappa shape index (κ3) is 3.38. The Bertz CT molecular complexity index is 267. The number of carbonyl (C=O) groups is 1. The predicted octanol–water partition coefficient (Wildman–Crippen LogP) is 1.06. The first-order chi connectivity index (χ1) is 7.69. The van der Waals surface area contributed by atoms with Crippen LogP contribution >= 0.6 is 0 Å². The number of ether oxygens (including phenoxy) is 1. The number of carbonyl (C=O) groups excluding carboxylic acids is 1. The van der Waals surface area contributed by atoms with E-state index in [0.29, 0.717) is 26.1 Å². The maximum Gasteiger partial charge on any atom is 0.409 e. The Morgan fingerprint density at radius 1 is 1.44 bits per heavy atom. The van der Waals surface area contributed by atoms with Gasteiger partial charge in [-0.1, -0.05) is 0 Å². The first-order valence-electron chi connectivity index (χ1n) is 5.71. The molecule has 16 heavy (non-hydrogen) atoms. The van der Waals surface area contributed by atoms with Crippen LogP contribution in [0.1, 0.15) is 20.3 Å². The molecule has 0 aromatic heterocycles. The van der Waals surface area contributed by atoms with Gasteiger partial charge in [-0.05, 0) is 13.8 Å². The summed E-state index contributed by atoms with van der Waals surface area (Å²) in [5, 5.41) is 8.62. The number of amides is 1. The number of piperazine rings is 1. The Kier molecular flexibility index (Phi) is 5.06. The van der Waals surface area contributed by atoms with Crippen LogP contribution in [0.25, 0.3) is 0 Å². The average Bonchev–Trinajstić information content (AvgIpc) is 2.30. The molecule has 1 heterocycles. The summed E-state index contributed by atoms with van der Waals surface area (Å²) in [5.74, 6) is 0. The van der Waals surface area contributed by atoms with Crippen LogP contribution in [0.4, 0.5) is 4.79 Å². The lowest BCUT2D eigenvalue weighted by molar-refractivity contribution is 0.0693. The standard InChI is InChI=1S/C11H19N3O2/c1-3-16-11(15)14-8-6-13(7-9-14)10(2)4-5-12/h10H,3-4,6-9H2,1-2H3. The molecule has 1 aliphatic heterocycles. The van der Waals surface area contributed by atoms with Crippen molar-refractivity contribution in [1.82, 2.24) is 9.80 Å². The van der Waals surface area contributed by atoms with Crippen LogP contribution in [-0.2, 0) is 4.74 Å². The van der Waals surface area contributed by atoms with Gasteiger partial charge in [0.1, 0.15) is 0 Å². The van der Waals surface area contributed by atoms with Gasteiger partial charge in [0.05, 0.1) is 19.1 Å². The lowest BCUT2D eigenvalue weighted by Gasteiger charge is -2.36. The highest BCUT2D eigenvalue weighted by Gasteiger charge is 2.24. The van der Waals surface area contributed by atoms with Gasteiger partial charge in [0, 0.05) is 32.2 Å². The van der Waals surface area contributed by atoms with Crippen molar-refractivity contribution in [3.63, 3.8) is 0 Å². The van der Waals surface area contributed by atoms with Crippen LogP contribution < -0.4 is 0 Å². The summed E-state index contributed by atoms with van der Waals surface area (Å²) in [6.45, 7) is 7.29. The molecule has 1 unspecified atom stereocenters. The highest BCUT2D eigenvalue weighted by Crippen LogP contribution is 2.09. The Hall–Kier alpha value is -1.28. The Balaban J connectivity index is 2.34. The Labute approximate surface area is 96.6 Å². The normalized spacial score (nSPS) is 18.9. The molecule has 90 valence electrons. The fourth-order valence-electron chi connectivity index (χ4n) is 1.82. The maximum absolute atomic E-state index is 11.4. The summed E-state index contributed by atoms with van der Waals surface area (Å²) in [7, 11) is 0. The molecule has 0 spiro atoms. The van der Waals surface area contributed by atoms with E-state index in [0.717, 1.165) is 13.1 Å². The molecule has 1 atom stereocenters. The number of nitrogens with zero attached hydrogens (tertiary/aromatic N) is 3. The van der Waals surface area contributed by atoms with Crippen molar-refractivity contribution in [2.24, 2.45) is 0 Å². The summed E-state index contributed by atoms with van der Waals surface area (Å²) >= 11 is 0. The topological polar surface area (TPSA) is 56.6 Å². The van der Waals surface area contributed by atoms with E-state index in [9.17, 15) is 4.79 Å². The van der Waals surface area contributed by atoms with Gasteiger partial charge < -0.3 is 9.64 Å². The number of hydrogen-bond acceptors (Lipinski definition) is 4. The van der Waals surface area contributed by atoms with Crippen molar-refractivity contribution in [3.8, 4) is 6.07 Å². The van der Waals surface area contributed by atoms with Gasteiger partial charge in [0.2, 0.25) is 0 Å². The van der Waals surface area contributed by atoms with Crippen molar-refractivity contribution in [2.45, 2.75) is 26.3 Å². The molecule has 1 rings (SSSR count). The first kappa shape index (κ1) is 12.8. The molecule has 0 radical (unpaired) electrons. The van der Waals surface area contributed by atoms with E-state index >= 15 is 0 Å². The zero-order valence-electron chi connectivity index (χ0n) is 9.98. The molecule has 0 aromatic carbocycles. The third-order valence-electron chi connectivity index (χ3n) is 2.85. The highest BCUT2D eigenvalue weighted by molar-refractivity contribution is 5.67. The van der Waals surface area contributed by atoms with Gasteiger partial charge in [0.25, 0.3) is 0 Å². The summed E-state index contributed by atoms with van der Waals surface area (Å²) in [6.07, 6.45) is 0.314. The fourth-order valence-corrected chi connectivity index (χ4v) is 1.82. The van der Waals surface area contributed by atoms with Crippen molar-refractivity contribution < 1.29 is 9.53 Å². The van der Waals surface area contributed by atoms with Crippen molar-refractivity contribution in [2.75, 3.05) is 32.8 Å². The van der Waals surface area contributed by atoms with Gasteiger partial charge in [-0.2, -0.15) is 5.26 Å². The molecule has 0 N–H and O–H groups in total. The van der Waals surface area contributed by atoms with E-state index in [-0.39, 0.29) is 12.1 Å². The van der Waals surface area contributed by atoms with Crippen LogP contribution in [0.2, 0.25) is 0 Å². The van der Waals surface area contributed by atoms with Gasteiger partial charge in [-0.15, -0.1) is 0 Å². The van der Waals surface area contributed by atoms with Gasteiger partial charge in [-0.3, -0.25) is 4.90 Å². The molecular formula is C11H19N3O2. The fraction of sp³-hybridized carbons (Fsp3) is 0.818. The second kappa shape index (κ2) is 6.33. The number of nitriles is 1. The summed E-state index contributed by atoms with van der Waals surface area (Å²) in [5.41, 5.74) is 0. The van der Waals surface area contributed by atoms with E-state index in [1.165, 1.54) is 0 Å². The smallest absolute Gasteiger partial charge is 0.409 e. The summed E-state index contributed by atoms with van der Waals surface area (Å²) in [6, 6.07) is 2.44. The van der Waals surface area contributed by atoms with Crippen molar-refractivity contribution in [3.05, 3.63) is 0 Å². The molecule has 1 saturated heterocycles. The minimum atomic E-state index is -0.227. The maximum atomic E-state index is 11.4. The minimum Gasteiger partial charge on any atom is -0.450 e. The molecule has 0 bridgehead atoms. The minimum absolute atomic E-state index is 0.227. The zero-order chi connectivity index (χ0) is 12.0. The molecule has 1 aliphatic rings. The molecule has 0 aromatic rings. The monoisotopic (exact) mass is 225 g/mol. The van der Waals surface area contributed by atoms with Crippen LogP contribution in [-0.4, -0.2) is 54.7 Å². The zero-order valence-corrected chi connectivity index (χ0v) is 9.98. The molecule has 1 fully saturated rings. The highest BCUT2D eigenvalue weighted by atomic mass is 16.6. The number of hydrogen-bond donors (Lipinski definition) is 0. The van der Waals surface area contributed by atoms with Gasteiger partial charge in [0.15, 0.2) is 0 Å². The third-order valence-corrected chi connectivity index (χ3v) is 2.85. The molecule has 1 amide bonds. The predicted molar refractivity (Wildman–Crippen MR) is 59.9 cm³/mol. The molecule has 0 aliphatic carbocycles. The lowest BCUT2D eigenvalue weighted by Crippen LogP contribution is -2.51. The second-order valence-electron chi connectivity index (χ2n) is 3.93. The van der Waals surface area contributed by atoms with Crippen LogP contribution in [0.5, 0.6) is 0 Å². The van der Waals surface area contributed by atoms with Crippen molar-refractivity contribution >= 4 is 6.09 Å². The van der Waals surface area contributed by atoms with E-state index in [1.54, 1.807) is 4.90 Å². The van der Waals surface area contributed by atoms with Crippen LogP contribution in [0, 0.1) is 11.3 Å². The van der Waals surface area contributed by atoms with Gasteiger partial charge >= 0.3 is 6.09 Å². The molecular weight excluding hydrogens is 206 g/mol.